The van der Waals surface area contributed by atoms with Crippen molar-refractivity contribution in [2.45, 2.75) is 39.2 Å². The van der Waals surface area contributed by atoms with Crippen LogP contribution >= 0.6 is 11.6 Å². The van der Waals surface area contributed by atoms with Crippen LogP contribution in [0.2, 0.25) is 0 Å². The van der Waals surface area contributed by atoms with E-state index in [0.29, 0.717) is 6.04 Å². The molecule has 1 aliphatic rings. The van der Waals surface area contributed by atoms with Crippen LogP contribution in [-0.4, -0.2) is 18.5 Å². The molecule has 2 atom stereocenters. The van der Waals surface area contributed by atoms with Gasteiger partial charge in [-0.1, -0.05) is 25.1 Å². The van der Waals surface area contributed by atoms with Crippen LogP contribution in [0.3, 0.4) is 0 Å². The summed E-state index contributed by atoms with van der Waals surface area (Å²) in [6.45, 7) is 5.79. The molecule has 0 amide bonds. The summed E-state index contributed by atoms with van der Waals surface area (Å²) in [4.78, 5) is 2.56. The van der Waals surface area contributed by atoms with Crippen molar-refractivity contribution in [3.05, 3.63) is 29.8 Å². The Bertz CT molecular complexity index is 364. The van der Waals surface area contributed by atoms with Gasteiger partial charge in [0.25, 0.3) is 0 Å². The number of hydrogen-bond donors (Lipinski definition) is 0. The van der Waals surface area contributed by atoms with Gasteiger partial charge in [-0.05, 0) is 43.7 Å². The van der Waals surface area contributed by atoms with Crippen molar-refractivity contribution in [3.8, 4) is 0 Å². The molecule has 1 aromatic carbocycles. The fourth-order valence-electron chi connectivity index (χ4n) is 2.66. The Morgan fingerprint density at radius 2 is 2.12 bits per heavy atom. The van der Waals surface area contributed by atoms with Gasteiger partial charge in [0.05, 0.1) is 0 Å². The largest absolute Gasteiger partial charge is 0.368 e. The molecule has 0 N–H and O–H groups in total. The second-order valence-corrected chi connectivity index (χ2v) is 5.62. The Balaban J connectivity index is 1.97. The first-order chi connectivity index (χ1) is 8.22. The summed E-state index contributed by atoms with van der Waals surface area (Å²) >= 11 is 5.79. The van der Waals surface area contributed by atoms with Crippen molar-refractivity contribution in [1.82, 2.24) is 0 Å². The number of para-hydroxylation sites is 1. The summed E-state index contributed by atoms with van der Waals surface area (Å²) in [6, 6.07) is 9.45. The molecule has 2 unspecified atom stereocenters. The van der Waals surface area contributed by atoms with E-state index in [1.807, 2.05) is 0 Å². The van der Waals surface area contributed by atoms with Crippen LogP contribution in [-0.2, 0) is 6.42 Å². The van der Waals surface area contributed by atoms with Crippen molar-refractivity contribution in [1.29, 1.82) is 0 Å². The number of nitrogens with zero attached hydrogens (tertiary/aromatic N) is 1. The van der Waals surface area contributed by atoms with Crippen molar-refractivity contribution in [2.24, 2.45) is 5.92 Å². The lowest BCUT2D eigenvalue weighted by atomic mass is 10.0. The van der Waals surface area contributed by atoms with Crippen molar-refractivity contribution in [2.75, 3.05) is 17.3 Å². The van der Waals surface area contributed by atoms with E-state index in [1.54, 1.807) is 0 Å². The number of halogens is 1. The minimum absolute atomic E-state index is 0.649. The van der Waals surface area contributed by atoms with Crippen molar-refractivity contribution >= 4 is 17.3 Å². The number of fused-ring (bicyclic) bond motifs is 1. The smallest absolute Gasteiger partial charge is 0.0402 e. The predicted octanol–water partition coefficient (Wildman–Crippen LogP) is 4.09. The van der Waals surface area contributed by atoms with E-state index >= 15 is 0 Å². The number of alkyl halides is 1. The highest BCUT2D eigenvalue weighted by atomic mass is 35.5. The van der Waals surface area contributed by atoms with E-state index in [-0.39, 0.29) is 0 Å². The van der Waals surface area contributed by atoms with Gasteiger partial charge in [0.1, 0.15) is 0 Å². The molecule has 2 heteroatoms. The fraction of sp³-hybridized carbons (Fsp3) is 0.600. The molecule has 2 rings (SSSR count). The average molecular weight is 252 g/mol. The lowest BCUT2D eigenvalue weighted by Gasteiger charge is -2.26. The molecule has 94 valence electrons. The summed E-state index contributed by atoms with van der Waals surface area (Å²) in [6.07, 6.45) is 3.57. The molecule has 0 fully saturated rings. The first-order valence-corrected chi connectivity index (χ1v) is 7.16. The highest BCUT2D eigenvalue weighted by Gasteiger charge is 2.25. The molecule has 0 spiro atoms. The molecule has 17 heavy (non-hydrogen) atoms. The van der Waals surface area contributed by atoms with Crippen LogP contribution in [0.4, 0.5) is 5.69 Å². The lowest BCUT2D eigenvalue weighted by Crippen LogP contribution is -2.31. The van der Waals surface area contributed by atoms with Gasteiger partial charge in [-0.15, -0.1) is 11.6 Å². The zero-order valence-electron chi connectivity index (χ0n) is 10.8. The summed E-state index contributed by atoms with van der Waals surface area (Å²) in [5.74, 6) is 1.51. The molecule has 1 heterocycles. The second-order valence-electron chi connectivity index (χ2n) is 5.25. The first kappa shape index (κ1) is 12.8. The van der Waals surface area contributed by atoms with Crippen LogP contribution in [0.5, 0.6) is 0 Å². The Morgan fingerprint density at radius 3 is 2.88 bits per heavy atom. The monoisotopic (exact) mass is 251 g/mol. The number of benzene rings is 1. The van der Waals surface area contributed by atoms with Gasteiger partial charge in [0.2, 0.25) is 0 Å². The normalized spacial score (nSPS) is 20.4. The third kappa shape index (κ3) is 2.95. The first-order valence-electron chi connectivity index (χ1n) is 6.63. The van der Waals surface area contributed by atoms with Crippen molar-refractivity contribution in [3.63, 3.8) is 0 Å². The summed E-state index contributed by atoms with van der Waals surface area (Å²) in [7, 11) is 0. The lowest BCUT2D eigenvalue weighted by molar-refractivity contribution is 0.502. The minimum Gasteiger partial charge on any atom is -0.368 e. The molecule has 0 saturated heterocycles. The van der Waals surface area contributed by atoms with E-state index in [9.17, 15) is 0 Å². The topological polar surface area (TPSA) is 3.24 Å². The van der Waals surface area contributed by atoms with Gasteiger partial charge in [-0.25, -0.2) is 0 Å². The van der Waals surface area contributed by atoms with Crippen LogP contribution < -0.4 is 4.90 Å². The Labute approximate surface area is 110 Å². The maximum absolute atomic E-state index is 5.79. The highest BCUT2D eigenvalue weighted by Crippen LogP contribution is 2.32. The molecule has 0 bridgehead atoms. The zero-order chi connectivity index (χ0) is 12.3. The maximum atomic E-state index is 5.79. The van der Waals surface area contributed by atoms with Crippen LogP contribution in [0.25, 0.3) is 0 Å². The molecule has 1 nitrogen and oxygen atoms in total. The van der Waals surface area contributed by atoms with Crippen molar-refractivity contribution < 1.29 is 0 Å². The SMILES string of the molecule is CC(CCCl)CCN1c2ccccc2CC1C. The third-order valence-electron chi connectivity index (χ3n) is 3.81. The van der Waals surface area contributed by atoms with E-state index in [0.717, 1.165) is 24.8 Å². The predicted molar refractivity (Wildman–Crippen MR) is 76.1 cm³/mol. The minimum atomic E-state index is 0.649. The highest BCUT2D eigenvalue weighted by molar-refractivity contribution is 6.17. The average Bonchev–Trinajstić information content (AvgIpc) is 2.62. The Kier molecular flexibility index (Phi) is 4.33. The van der Waals surface area contributed by atoms with E-state index in [1.165, 1.54) is 24.1 Å². The van der Waals surface area contributed by atoms with Crippen LogP contribution in [0.1, 0.15) is 32.3 Å². The molecule has 0 saturated carbocycles. The fourth-order valence-corrected chi connectivity index (χ4v) is 3.03. The summed E-state index contributed by atoms with van der Waals surface area (Å²) in [5, 5.41) is 0. The molecule has 1 aromatic rings. The Hall–Kier alpha value is -0.690. The molecular formula is C15H22ClN. The van der Waals surface area contributed by atoms with Gasteiger partial charge in [0, 0.05) is 24.2 Å². The van der Waals surface area contributed by atoms with Crippen LogP contribution in [0.15, 0.2) is 24.3 Å². The van der Waals surface area contributed by atoms with Gasteiger partial charge in [0.15, 0.2) is 0 Å². The quantitative estimate of drug-likeness (QED) is 0.713. The molecule has 1 aliphatic heterocycles. The molecule has 0 radical (unpaired) electrons. The number of rotatable bonds is 5. The Morgan fingerprint density at radius 1 is 1.35 bits per heavy atom. The zero-order valence-corrected chi connectivity index (χ0v) is 11.6. The van der Waals surface area contributed by atoms with E-state index < -0.39 is 0 Å². The summed E-state index contributed by atoms with van der Waals surface area (Å²) in [5.41, 5.74) is 2.95. The van der Waals surface area contributed by atoms with Gasteiger partial charge in [-0.3, -0.25) is 0 Å². The molecule has 0 aliphatic carbocycles. The van der Waals surface area contributed by atoms with Gasteiger partial charge >= 0.3 is 0 Å². The maximum Gasteiger partial charge on any atom is 0.0402 e. The number of hydrogen-bond acceptors (Lipinski definition) is 1. The number of anilines is 1. The van der Waals surface area contributed by atoms with Crippen LogP contribution in [0, 0.1) is 5.92 Å². The molecular weight excluding hydrogens is 230 g/mol. The third-order valence-corrected chi connectivity index (χ3v) is 4.03. The van der Waals surface area contributed by atoms with Gasteiger partial charge < -0.3 is 4.90 Å². The van der Waals surface area contributed by atoms with Gasteiger partial charge in [-0.2, -0.15) is 0 Å². The summed E-state index contributed by atoms with van der Waals surface area (Å²) < 4.78 is 0. The van der Waals surface area contributed by atoms with E-state index in [4.69, 9.17) is 11.6 Å². The standard InChI is InChI=1S/C15H22ClN/c1-12(7-9-16)8-10-17-13(2)11-14-5-3-4-6-15(14)17/h3-6,12-13H,7-11H2,1-2H3. The molecule has 0 aromatic heterocycles. The van der Waals surface area contributed by atoms with E-state index in [2.05, 4.69) is 43.0 Å². The second kappa shape index (κ2) is 5.77.